The molecule has 2 aromatic heterocycles. The van der Waals surface area contributed by atoms with Gasteiger partial charge in [0.1, 0.15) is 11.2 Å². The number of hydrogen-bond acceptors (Lipinski definition) is 8. The van der Waals surface area contributed by atoms with Crippen LogP contribution in [0.25, 0.3) is 11.2 Å². The zero-order chi connectivity index (χ0) is 23.4. The summed E-state index contributed by atoms with van der Waals surface area (Å²) in [7, 11) is -1.87. The number of hydrogen-bond donors (Lipinski definition) is 1. The first-order chi connectivity index (χ1) is 16.4. The van der Waals surface area contributed by atoms with Crippen LogP contribution in [0.2, 0.25) is 0 Å². The van der Waals surface area contributed by atoms with Gasteiger partial charge in [0.15, 0.2) is 22.8 Å². The Bertz CT molecular complexity index is 1440. The summed E-state index contributed by atoms with van der Waals surface area (Å²) in [6.07, 6.45) is 3.81. The number of carbonyl (C=O) groups excluding carboxylic acids is 1. The van der Waals surface area contributed by atoms with E-state index in [4.69, 9.17) is 0 Å². The van der Waals surface area contributed by atoms with Crippen LogP contribution in [0.5, 0.6) is 0 Å². The van der Waals surface area contributed by atoms with E-state index in [0.29, 0.717) is 72.8 Å². The molecule has 11 nitrogen and oxygen atoms in total. The Morgan fingerprint density at radius 1 is 1.09 bits per heavy atom. The van der Waals surface area contributed by atoms with E-state index >= 15 is 0 Å². The molecule has 1 aromatic carbocycles. The second kappa shape index (κ2) is 7.76. The number of aromatic nitrogens is 4. The van der Waals surface area contributed by atoms with Crippen LogP contribution < -0.4 is 10.2 Å². The minimum atomic E-state index is -3.65. The van der Waals surface area contributed by atoms with Crippen molar-refractivity contribution in [3.8, 4) is 0 Å². The van der Waals surface area contributed by atoms with Crippen LogP contribution in [0, 0.1) is 5.92 Å². The van der Waals surface area contributed by atoms with E-state index in [2.05, 4.69) is 29.6 Å². The van der Waals surface area contributed by atoms with Gasteiger partial charge in [0.2, 0.25) is 5.82 Å². The maximum atomic E-state index is 12.7. The number of nitrogens with zero attached hydrogens (tertiary/aromatic N) is 7. The van der Waals surface area contributed by atoms with Gasteiger partial charge in [-0.25, -0.2) is 15.0 Å². The van der Waals surface area contributed by atoms with Crippen LogP contribution in [0.15, 0.2) is 39.9 Å². The number of sulfonamides is 1. The lowest BCUT2D eigenvalue weighted by Crippen LogP contribution is -2.49. The van der Waals surface area contributed by atoms with Crippen LogP contribution in [0.3, 0.4) is 0 Å². The summed E-state index contributed by atoms with van der Waals surface area (Å²) < 4.78 is 30.6. The van der Waals surface area contributed by atoms with Crippen molar-refractivity contribution in [1.29, 1.82) is 0 Å². The number of piperazine rings is 1. The highest BCUT2D eigenvalue weighted by atomic mass is 32.2. The lowest BCUT2D eigenvalue weighted by molar-refractivity contribution is 0.0938. The summed E-state index contributed by atoms with van der Waals surface area (Å²) in [6.45, 7) is 3.04. The molecule has 0 atom stereocenters. The van der Waals surface area contributed by atoms with E-state index in [1.807, 2.05) is 11.0 Å². The summed E-state index contributed by atoms with van der Waals surface area (Å²) in [5.74, 6) is 1.86. The number of carbonyl (C=O) groups is 1. The zero-order valence-corrected chi connectivity index (χ0v) is 19.5. The summed E-state index contributed by atoms with van der Waals surface area (Å²) >= 11 is 0. The minimum Gasteiger partial charge on any atom is -0.352 e. The molecule has 1 saturated carbocycles. The Morgan fingerprint density at radius 3 is 2.59 bits per heavy atom. The third-order valence-corrected chi connectivity index (χ3v) is 7.90. The average Bonchev–Trinajstić information content (AvgIpc) is 3.56. The molecule has 0 radical (unpaired) electrons. The Balaban J connectivity index is 1.23. The first kappa shape index (κ1) is 21.0. The van der Waals surface area contributed by atoms with Crippen LogP contribution in [-0.4, -0.2) is 77.3 Å². The zero-order valence-electron chi connectivity index (χ0n) is 18.7. The molecule has 0 unspecified atom stereocenters. The number of fused-ring (bicyclic) bond motifs is 2. The van der Waals surface area contributed by atoms with Crippen LogP contribution in [0.4, 0.5) is 5.82 Å². The van der Waals surface area contributed by atoms with Gasteiger partial charge in [-0.1, -0.05) is 12.1 Å². The van der Waals surface area contributed by atoms with Gasteiger partial charge < -0.3 is 19.7 Å². The van der Waals surface area contributed by atoms with Gasteiger partial charge in [0.25, 0.3) is 15.9 Å². The summed E-state index contributed by atoms with van der Waals surface area (Å²) in [5.41, 5.74) is 1.83. The van der Waals surface area contributed by atoms with Crippen molar-refractivity contribution in [2.24, 2.45) is 17.4 Å². The fraction of sp³-hybridized carbons (Fsp3) is 0.409. The lowest BCUT2D eigenvalue weighted by atomic mass is 10.1. The summed E-state index contributed by atoms with van der Waals surface area (Å²) in [4.78, 5) is 30.4. The van der Waals surface area contributed by atoms with Crippen molar-refractivity contribution in [2.45, 2.75) is 17.7 Å². The molecule has 4 heterocycles. The molecular weight excluding hydrogens is 456 g/mol. The number of aryl methyl sites for hydroxylation is 1. The first-order valence-corrected chi connectivity index (χ1v) is 12.8. The number of imidazole rings is 1. The highest BCUT2D eigenvalue weighted by Gasteiger charge is 2.33. The molecule has 12 heteroatoms. The van der Waals surface area contributed by atoms with Crippen molar-refractivity contribution in [3.05, 3.63) is 42.0 Å². The first-order valence-electron chi connectivity index (χ1n) is 11.3. The standard InChI is InChI=1S/C22H24N8O3S/c1-28-19-17(26-21(28)22(31)23-12-14-6-7-14)20(25-13-24-19)30-10-8-29(9-11-30)18-15-4-2-3-5-16(15)34(32,33)27-18/h2-5,13-14H,6-12H2,1H3,(H,23,31). The molecule has 0 spiro atoms. The highest BCUT2D eigenvalue weighted by molar-refractivity contribution is 7.90. The molecule has 2 fully saturated rings. The third-order valence-electron chi connectivity index (χ3n) is 6.58. The topological polar surface area (TPSA) is 126 Å². The van der Waals surface area contributed by atoms with Gasteiger partial charge in [-0.2, -0.15) is 8.42 Å². The molecule has 1 aliphatic carbocycles. The van der Waals surface area contributed by atoms with Crippen LogP contribution >= 0.6 is 0 Å². The molecular formula is C22H24N8O3S. The van der Waals surface area contributed by atoms with Gasteiger partial charge in [-0.15, -0.1) is 4.40 Å². The second-order valence-corrected chi connectivity index (χ2v) is 10.5. The number of benzene rings is 1. The Hall–Kier alpha value is -3.54. The predicted molar refractivity (Wildman–Crippen MR) is 125 cm³/mol. The fourth-order valence-corrected chi connectivity index (χ4v) is 5.73. The van der Waals surface area contributed by atoms with E-state index in [1.54, 1.807) is 29.8 Å². The summed E-state index contributed by atoms with van der Waals surface area (Å²) in [5, 5.41) is 2.96. The maximum absolute atomic E-state index is 12.7. The molecule has 6 rings (SSSR count). The molecule has 2 aliphatic heterocycles. The molecule has 3 aromatic rings. The lowest BCUT2D eigenvalue weighted by Gasteiger charge is -2.36. The largest absolute Gasteiger partial charge is 0.352 e. The van der Waals surface area contributed by atoms with Gasteiger partial charge in [0.05, 0.1) is 0 Å². The number of amides is 1. The number of nitrogens with one attached hydrogen (secondary N) is 1. The Labute approximate surface area is 196 Å². The molecule has 3 aliphatic rings. The van der Waals surface area contributed by atoms with E-state index in [-0.39, 0.29) is 10.8 Å². The smallest absolute Gasteiger partial charge is 0.287 e. The molecule has 1 N–H and O–H groups in total. The van der Waals surface area contributed by atoms with Crippen molar-refractivity contribution < 1.29 is 13.2 Å². The minimum absolute atomic E-state index is 0.206. The average molecular weight is 481 g/mol. The normalized spacial score (nSPS) is 19.3. The quantitative estimate of drug-likeness (QED) is 0.581. The van der Waals surface area contributed by atoms with Gasteiger partial charge in [-0.3, -0.25) is 4.79 Å². The number of rotatable bonds is 4. The number of amidine groups is 1. The number of anilines is 1. The van der Waals surface area contributed by atoms with Crippen LogP contribution in [-0.2, 0) is 17.1 Å². The molecule has 34 heavy (non-hydrogen) atoms. The Morgan fingerprint density at radius 2 is 1.82 bits per heavy atom. The van der Waals surface area contributed by atoms with E-state index in [1.165, 1.54) is 6.33 Å². The third kappa shape index (κ3) is 3.49. The SMILES string of the molecule is Cn1c(C(=O)NCC2CC2)nc2c(N3CCN(C4=NS(=O)(=O)c5ccccc54)CC3)ncnc21. The Kier molecular flexibility index (Phi) is 4.80. The molecule has 1 amide bonds. The maximum Gasteiger partial charge on any atom is 0.287 e. The van der Waals surface area contributed by atoms with Crippen molar-refractivity contribution in [2.75, 3.05) is 37.6 Å². The molecule has 1 saturated heterocycles. The van der Waals surface area contributed by atoms with Crippen LogP contribution in [0.1, 0.15) is 29.0 Å². The van der Waals surface area contributed by atoms with Gasteiger partial charge in [-0.05, 0) is 30.9 Å². The fourth-order valence-electron chi connectivity index (χ4n) is 4.51. The van der Waals surface area contributed by atoms with E-state index in [0.717, 1.165) is 12.8 Å². The van der Waals surface area contributed by atoms with Gasteiger partial charge >= 0.3 is 0 Å². The van der Waals surface area contributed by atoms with E-state index < -0.39 is 10.0 Å². The second-order valence-electron chi connectivity index (χ2n) is 8.88. The van der Waals surface area contributed by atoms with E-state index in [9.17, 15) is 13.2 Å². The monoisotopic (exact) mass is 480 g/mol. The van der Waals surface area contributed by atoms with Crippen molar-refractivity contribution >= 4 is 38.7 Å². The van der Waals surface area contributed by atoms with Gasteiger partial charge in [0, 0.05) is 45.3 Å². The predicted octanol–water partition coefficient (Wildman–Crippen LogP) is 0.774. The molecule has 0 bridgehead atoms. The van der Waals surface area contributed by atoms with Crippen molar-refractivity contribution in [3.63, 3.8) is 0 Å². The molecule has 176 valence electrons. The summed E-state index contributed by atoms with van der Waals surface area (Å²) in [6, 6.07) is 6.92. The van der Waals surface area contributed by atoms with Crippen molar-refractivity contribution in [1.82, 2.24) is 29.7 Å². The highest BCUT2D eigenvalue weighted by Crippen LogP contribution is 2.30.